The lowest BCUT2D eigenvalue weighted by Gasteiger charge is -2.26. The smallest absolute Gasteiger partial charge is 0.0123 e. The van der Waals surface area contributed by atoms with Gasteiger partial charge in [-0.05, 0) is 43.4 Å². The third kappa shape index (κ3) is 6.86. The first-order chi connectivity index (χ1) is 7.79. The molecule has 0 radical (unpaired) electrons. The summed E-state index contributed by atoms with van der Waals surface area (Å²) >= 11 is 0. The second-order valence-corrected chi connectivity index (χ2v) is 5.36. The molecule has 0 amide bonds. The molecule has 0 aromatic carbocycles. The maximum absolute atomic E-state index is 3.80. The van der Waals surface area contributed by atoms with Crippen LogP contribution >= 0.6 is 0 Å². The van der Waals surface area contributed by atoms with Gasteiger partial charge in [-0.25, -0.2) is 0 Å². The molecule has 0 spiro atoms. The van der Waals surface area contributed by atoms with E-state index in [1.54, 1.807) is 0 Å². The van der Waals surface area contributed by atoms with Crippen LogP contribution in [0.15, 0.2) is 41.9 Å². The Morgan fingerprint density at radius 1 is 1.41 bits per heavy atom. The summed E-state index contributed by atoms with van der Waals surface area (Å²) in [6.07, 6.45) is 7.32. The van der Waals surface area contributed by atoms with E-state index in [4.69, 9.17) is 0 Å². The van der Waals surface area contributed by atoms with E-state index in [0.717, 1.165) is 11.4 Å². The Bertz CT molecular complexity index is 339. The number of hydrogen-bond acceptors (Lipinski definition) is 1. The van der Waals surface area contributed by atoms with Gasteiger partial charge in [-0.15, -0.1) is 5.73 Å². The van der Waals surface area contributed by atoms with Crippen LogP contribution in [0.1, 0.15) is 48.0 Å². The average molecular weight is 233 g/mol. The third-order valence-electron chi connectivity index (χ3n) is 3.18. The fraction of sp³-hybridized carbons (Fsp3) is 0.562. The van der Waals surface area contributed by atoms with Gasteiger partial charge in [-0.1, -0.05) is 40.7 Å². The molecule has 17 heavy (non-hydrogen) atoms. The molecular formula is C16H27N. The zero-order valence-corrected chi connectivity index (χ0v) is 12.2. The van der Waals surface area contributed by atoms with Crippen LogP contribution in [0.25, 0.3) is 0 Å². The van der Waals surface area contributed by atoms with Gasteiger partial charge in [0, 0.05) is 11.4 Å². The van der Waals surface area contributed by atoms with Crippen molar-refractivity contribution < 1.29 is 0 Å². The summed E-state index contributed by atoms with van der Waals surface area (Å²) in [5.41, 5.74) is 5.49. The van der Waals surface area contributed by atoms with Crippen molar-refractivity contribution in [1.29, 1.82) is 0 Å². The predicted molar refractivity (Wildman–Crippen MR) is 77.6 cm³/mol. The van der Waals surface area contributed by atoms with Crippen LogP contribution < -0.4 is 5.32 Å². The number of hydrogen-bond donors (Lipinski definition) is 1. The zero-order chi connectivity index (χ0) is 13.5. The monoisotopic (exact) mass is 233 g/mol. The highest BCUT2D eigenvalue weighted by molar-refractivity contribution is 5.13. The molecule has 1 unspecified atom stereocenters. The second-order valence-electron chi connectivity index (χ2n) is 5.36. The summed E-state index contributed by atoms with van der Waals surface area (Å²) in [6, 6.07) is 0. The maximum atomic E-state index is 3.80. The highest BCUT2D eigenvalue weighted by atomic mass is 14.9. The van der Waals surface area contributed by atoms with Gasteiger partial charge in [0.2, 0.25) is 0 Å². The minimum absolute atomic E-state index is 0.203. The van der Waals surface area contributed by atoms with E-state index in [1.165, 1.54) is 6.42 Å². The molecule has 0 aromatic rings. The number of rotatable bonds is 6. The Balaban J connectivity index is 4.57. The van der Waals surface area contributed by atoms with Gasteiger partial charge in [0.25, 0.3) is 0 Å². The van der Waals surface area contributed by atoms with Crippen molar-refractivity contribution in [2.45, 2.75) is 48.0 Å². The minimum atomic E-state index is 0.203. The van der Waals surface area contributed by atoms with Gasteiger partial charge in [0.1, 0.15) is 0 Å². The molecule has 0 bridgehead atoms. The number of nitrogens with one attached hydrogen (secondary N) is 1. The van der Waals surface area contributed by atoms with E-state index < -0.39 is 0 Å². The third-order valence-corrected chi connectivity index (χ3v) is 3.18. The van der Waals surface area contributed by atoms with Crippen LogP contribution in [0.3, 0.4) is 0 Å². The summed E-state index contributed by atoms with van der Waals surface area (Å²) < 4.78 is 0. The summed E-state index contributed by atoms with van der Waals surface area (Å²) in [5.74, 6) is 0.669. The van der Waals surface area contributed by atoms with Crippen molar-refractivity contribution in [3.63, 3.8) is 0 Å². The molecule has 1 atom stereocenters. The molecule has 0 aliphatic rings. The van der Waals surface area contributed by atoms with Crippen LogP contribution in [0.2, 0.25) is 0 Å². The van der Waals surface area contributed by atoms with Crippen LogP contribution in [-0.4, -0.2) is 0 Å². The number of allylic oxidation sites excluding steroid dienone is 4. The molecule has 0 fully saturated rings. The molecule has 1 nitrogen and oxygen atoms in total. The molecule has 0 aliphatic carbocycles. The molecule has 0 rings (SSSR count). The Hall–Kier alpha value is -1.20. The van der Waals surface area contributed by atoms with E-state index in [9.17, 15) is 0 Å². The minimum Gasteiger partial charge on any atom is -0.363 e. The molecule has 1 N–H and O–H groups in total. The summed E-state index contributed by atoms with van der Waals surface area (Å²) in [6.45, 7) is 16.8. The highest BCUT2D eigenvalue weighted by Gasteiger charge is 2.20. The Kier molecular flexibility index (Phi) is 6.68. The van der Waals surface area contributed by atoms with E-state index in [2.05, 4.69) is 51.4 Å². The topological polar surface area (TPSA) is 12.0 Å². The Morgan fingerprint density at radius 3 is 2.47 bits per heavy atom. The van der Waals surface area contributed by atoms with Gasteiger partial charge in [-0.3, -0.25) is 0 Å². The van der Waals surface area contributed by atoms with Crippen molar-refractivity contribution in [3.8, 4) is 0 Å². The fourth-order valence-corrected chi connectivity index (χ4v) is 1.48. The highest BCUT2D eigenvalue weighted by Crippen LogP contribution is 2.29. The quantitative estimate of drug-likeness (QED) is 0.513. The summed E-state index contributed by atoms with van der Waals surface area (Å²) in [4.78, 5) is 0. The van der Waals surface area contributed by atoms with Crippen LogP contribution in [-0.2, 0) is 0 Å². The first kappa shape index (κ1) is 15.8. The molecular weight excluding hydrogens is 206 g/mol. The lowest BCUT2D eigenvalue weighted by Crippen LogP contribution is -2.17. The Labute approximate surface area is 107 Å². The van der Waals surface area contributed by atoms with E-state index in [-0.39, 0.29) is 5.41 Å². The van der Waals surface area contributed by atoms with Crippen LogP contribution in [0.4, 0.5) is 0 Å². The molecule has 1 heteroatoms. The largest absolute Gasteiger partial charge is 0.363 e. The molecule has 96 valence electrons. The first-order valence-corrected chi connectivity index (χ1v) is 6.32. The SMILES string of the molecule is C=C(C)N/C(C)=C/C=C=CC(C)(C)C(C)CC. The van der Waals surface area contributed by atoms with Crippen molar-refractivity contribution in [3.05, 3.63) is 41.9 Å². The van der Waals surface area contributed by atoms with Crippen molar-refractivity contribution in [2.24, 2.45) is 11.3 Å². The van der Waals surface area contributed by atoms with Crippen molar-refractivity contribution in [2.75, 3.05) is 0 Å². The van der Waals surface area contributed by atoms with Crippen LogP contribution in [0.5, 0.6) is 0 Å². The standard InChI is InChI=1S/C16H27N/c1-8-14(4)16(6,7)12-10-9-11-15(5)17-13(2)3/h9,11-12,14,17H,2,8H2,1,3-7H3/b15-11+. The van der Waals surface area contributed by atoms with Gasteiger partial charge in [0.15, 0.2) is 0 Å². The van der Waals surface area contributed by atoms with E-state index in [0.29, 0.717) is 5.92 Å². The van der Waals surface area contributed by atoms with Gasteiger partial charge >= 0.3 is 0 Å². The first-order valence-electron chi connectivity index (χ1n) is 6.32. The van der Waals surface area contributed by atoms with Gasteiger partial charge < -0.3 is 5.32 Å². The van der Waals surface area contributed by atoms with Gasteiger partial charge in [0.05, 0.1) is 0 Å². The Morgan fingerprint density at radius 2 is 2.00 bits per heavy atom. The lowest BCUT2D eigenvalue weighted by molar-refractivity contribution is 0.299. The lowest BCUT2D eigenvalue weighted by atomic mass is 9.78. The van der Waals surface area contributed by atoms with Crippen molar-refractivity contribution >= 4 is 0 Å². The van der Waals surface area contributed by atoms with Crippen LogP contribution in [0, 0.1) is 11.3 Å². The second kappa shape index (κ2) is 7.19. The summed E-state index contributed by atoms with van der Waals surface area (Å²) in [7, 11) is 0. The average Bonchev–Trinajstić information content (AvgIpc) is 2.22. The zero-order valence-electron chi connectivity index (χ0n) is 12.2. The molecule has 0 aromatic heterocycles. The molecule has 0 saturated carbocycles. The summed E-state index contributed by atoms with van der Waals surface area (Å²) in [5, 5.41) is 3.16. The van der Waals surface area contributed by atoms with Gasteiger partial charge in [-0.2, -0.15) is 0 Å². The fourth-order valence-electron chi connectivity index (χ4n) is 1.48. The molecule has 0 heterocycles. The maximum Gasteiger partial charge on any atom is 0.0123 e. The normalized spacial score (nSPS) is 13.6. The predicted octanol–water partition coefficient (Wildman–Crippen LogP) is 4.80. The molecule has 0 saturated heterocycles. The van der Waals surface area contributed by atoms with Crippen molar-refractivity contribution in [1.82, 2.24) is 5.32 Å². The van der Waals surface area contributed by atoms with E-state index >= 15 is 0 Å². The van der Waals surface area contributed by atoms with E-state index in [1.807, 2.05) is 26.0 Å². The molecule has 0 aliphatic heterocycles.